The number of rotatable bonds is 4. The molecule has 1 aliphatic heterocycles. The Morgan fingerprint density at radius 1 is 1.20 bits per heavy atom. The smallest absolute Gasteiger partial charge is 0.417 e. The van der Waals surface area contributed by atoms with Crippen molar-refractivity contribution >= 4 is 11.5 Å². The Bertz CT molecular complexity index is 1060. The van der Waals surface area contributed by atoms with Crippen molar-refractivity contribution in [1.29, 1.82) is 0 Å². The number of piperidine rings is 1. The van der Waals surface area contributed by atoms with Gasteiger partial charge in [-0.2, -0.15) is 22.8 Å². The maximum Gasteiger partial charge on any atom is 0.417 e. The summed E-state index contributed by atoms with van der Waals surface area (Å²) in [5.41, 5.74) is 0.356. The summed E-state index contributed by atoms with van der Waals surface area (Å²) in [4.78, 5) is 2.22. The molecule has 0 spiro atoms. The van der Waals surface area contributed by atoms with Crippen molar-refractivity contribution < 1.29 is 17.9 Å². The molecule has 30 heavy (non-hydrogen) atoms. The topological polar surface area (TPSA) is 67.6 Å². The van der Waals surface area contributed by atoms with Crippen LogP contribution in [0.15, 0.2) is 24.3 Å². The molecule has 0 unspecified atom stereocenters. The van der Waals surface area contributed by atoms with Crippen molar-refractivity contribution in [2.75, 3.05) is 32.6 Å². The first kappa shape index (κ1) is 20.4. The van der Waals surface area contributed by atoms with Gasteiger partial charge in [-0.15, -0.1) is 10.2 Å². The van der Waals surface area contributed by atoms with E-state index in [1.807, 2.05) is 0 Å². The predicted molar refractivity (Wildman–Crippen MR) is 107 cm³/mol. The van der Waals surface area contributed by atoms with Crippen molar-refractivity contribution in [2.24, 2.45) is 0 Å². The van der Waals surface area contributed by atoms with Gasteiger partial charge in [0.25, 0.3) is 0 Å². The minimum atomic E-state index is -4.57. The van der Waals surface area contributed by atoms with Crippen molar-refractivity contribution in [3.8, 4) is 17.0 Å². The summed E-state index contributed by atoms with van der Waals surface area (Å²) in [6.07, 6.45) is -2.53. The van der Waals surface area contributed by atoms with Crippen molar-refractivity contribution in [2.45, 2.75) is 32.0 Å². The van der Waals surface area contributed by atoms with Crippen LogP contribution in [0.25, 0.3) is 16.8 Å². The molecule has 1 atom stereocenters. The van der Waals surface area contributed by atoms with E-state index in [9.17, 15) is 13.2 Å². The molecule has 0 amide bonds. The molecule has 1 saturated heterocycles. The number of aryl methyl sites for hydroxylation is 1. The highest BCUT2D eigenvalue weighted by Gasteiger charge is 2.35. The normalized spacial score (nSPS) is 18.0. The summed E-state index contributed by atoms with van der Waals surface area (Å²) < 4.78 is 47.7. The lowest BCUT2D eigenvalue weighted by atomic mass is 10.0. The number of halogens is 3. The van der Waals surface area contributed by atoms with Crippen LogP contribution in [-0.2, 0) is 6.18 Å². The van der Waals surface area contributed by atoms with E-state index in [0.717, 1.165) is 32.0 Å². The molecule has 160 valence electrons. The van der Waals surface area contributed by atoms with E-state index in [-0.39, 0.29) is 23.0 Å². The van der Waals surface area contributed by atoms with Gasteiger partial charge in [0.1, 0.15) is 11.4 Å². The number of ether oxygens (including phenoxy) is 1. The quantitative estimate of drug-likeness (QED) is 0.695. The highest BCUT2D eigenvalue weighted by Crippen LogP contribution is 2.39. The molecule has 3 aromatic rings. The van der Waals surface area contributed by atoms with Crippen LogP contribution >= 0.6 is 0 Å². The number of aromatic nitrogens is 4. The van der Waals surface area contributed by atoms with Gasteiger partial charge in [0.05, 0.1) is 23.9 Å². The molecule has 1 aliphatic rings. The highest BCUT2D eigenvalue weighted by molar-refractivity contribution is 5.80. The fraction of sp³-hybridized carbons (Fsp3) is 0.450. The van der Waals surface area contributed by atoms with Gasteiger partial charge < -0.3 is 15.0 Å². The first-order valence-corrected chi connectivity index (χ1v) is 9.70. The standard InChI is InChI=1S/C20H23F3N6O/c1-12-9-17-18(15-7-6-14(30-3)10-16(15)20(21,22)23)25-26-19(29(17)27-12)24-13-5-4-8-28(2)11-13/h6-7,9-10,13H,4-5,8,11H2,1-3H3,(H,24,26)/t13-/m1/s1. The van der Waals surface area contributed by atoms with Gasteiger partial charge in [-0.25, -0.2) is 0 Å². The molecule has 0 bridgehead atoms. The number of likely N-dealkylation sites (N-methyl/N-ethyl adjacent to an activating group) is 1. The van der Waals surface area contributed by atoms with Crippen molar-refractivity contribution in [3.05, 3.63) is 35.5 Å². The number of nitrogens with one attached hydrogen (secondary N) is 1. The van der Waals surface area contributed by atoms with E-state index in [1.165, 1.54) is 23.8 Å². The summed E-state index contributed by atoms with van der Waals surface area (Å²) in [6, 6.07) is 5.70. The lowest BCUT2D eigenvalue weighted by Gasteiger charge is -2.30. The van der Waals surface area contributed by atoms with Crippen LogP contribution in [-0.4, -0.2) is 58.0 Å². The summed E-state index contributed by atoms with van der Waals surface area (Å²) >= 11 is 0. The lowest BCUT2D eigenvalue weighted by molar-refractivity contribution is -0.137. The van der Waals surface area contributed by atoms with Gasteiger partial charge >= 0.3 is 6.18 Å². The van der Waals surface area contributed by atoms with Gasteiger partial charge in [0.2, 0.25) is 5.95 Å². The van der Waals surface area contributed by atoms with Crippen molar-refractivity contribution in [3.63, 3.8) is 0 Å². The molecule has 10 heteroatoms. The van der Waals surface area contributed by atoms with E-state index < -0.39 is 11.7 Å². The average Bonchev–Trinajstić information content (AvgIpc) is 3.09. The number of hydrogen-bond acceptors (Lipinski definition) is 6. The molecule has 4 rings (SSSR count). The second-order valence-corrected chi connectivity index (χ2v) is 7.61. The molecule has 0 radical (unpaired) electrons. The van der Waals surface area contributed by atoms with E-state index >= 15 is 0 Å². The monoisotopic (exact) mass is 420 g/mol. The van der Waals surface area contributed by atoms with Crippen LogP contribution in [0, 0.1) is 6.92 Å². The van der Waals surface area contributed by atoms with Crippen LogP contribution in [0.3, 0.4) is 0 Å². The first-order chi connectivity index (χ1) is 14.3. The van der Waals surface area contributed by atoms with Crippen LogP contribution in [0.4, 0.5) is 19.1 Å². The van der Waals surface area contributed by atoms with E-state index in [2.05, 4.69) is 32.6 Å². The molecule has 0 saturated carbocycles. The zero-order valence-corrected chi connectivity index (χ0v) is 17.0. The molecular weight excluding hydrogens is 397 g/mol. The van der Waals surface area contributed by atoms with E-state index in [0.29, 0.717) is 17.2 Å². The number of likely N-dealkylation sites (tertiary alicyclic amines) is 1. The Balaban J connectivity index is 1.81. The zero-order valence-electron chi connectivity index (χ0n) is 17.0. The second-order valence-electron chi connectivity index (χ2n) is 7.61. The lowest BCUT2D eigenvalue weighted by Crippen LogP contribution is -2.40. The summed E-state index contributed by atoms with van der Waals surface area (Å²) in [5, 5.41) is 16.2. The summed E-state index contributed by atoms with van der Waals surface area (Å²) in [6.45, 7) is 3.67. The fourth-order valence-electron chi connectivity index (χ4n) is 3.86. The Morgan fingerprint density at radius 2 is 2.00 bits per heavy atom. The number of methoxy groups -OCH3 is 1. The highest BCUT2D eigenvalue weighted by atomic mass is 19.4. The number of anilines is 1. The van der Waals surface area contributed by atoms with Crippen molar-refractivity contribution in [1.82, 2.24) is 24.7 Å². The van der Waals surface area contributed by atoms with E-state index in [1.54, 1.807) is 13.0 Å². The average molecular weight is 420 g/mol. The van der Waals surface area contributed by atoms with Crippen LogP contribution in [0.2, 0.25) is 0 Å². The largest absolute Gasteiger partial charge is 0.497 e. The minimum Gasteiger partial charge on any atom is -0.497 e. The summed E-state index contributed by atoms with van der Waals surface area (Å²) in [7, 11) is 3.38. The molecular formula is C20H23F3N6O. The number of nitrogens with zero attached hydrogens (tertiary/aromatic N) is 5. The Morgan fingerprint density at radius 3 is 2.70 bits per heavy atom. The van der Waals surface area contributed by atoms with Gasteiger partial charge in [0.15, 0.2) is 0 Å². The maximum atomic E-state index is 13.7. The van der Waals surface area contributed by atoms with Gasteiger partial charge in [-0.3, -0.25) is 0 Å². The van der Waals surface area contributed by atoms with E-state index in [4.69, 9.17) is 4.74 Å². The molecule has 0 aliphatic carbocycles. The molecule has 1 aromatic carbocycles. The van der Waals surface area contributed by atoms with Crippen LogP contribution in [0.5, 0.6) is 5.75 Å². The molecule has 2 aromatic heterocycles. The maximum absolute atomic E-state index is 13.7. The molecule has 3 heterocycles. The third-order valence-corrected chi connectivity index (χ3v) is 5.26. The molecule has 1 fully saturated rings. The molecule has 1 N–H and O–H groups in total. The second kappa shape index (κ2) is 7.75. The Labute approximate surface area is 171 Å². The Hall–Kier alpha value is -2.88. The van der Waals surface area contributed by atoms with Crippen LogP contribution < -0.4 is 10.1 Å². The zero-order chi connectivity index (χ0) is 21.5. The number of benzene rings is 1. The van der Waals surface area contributed by atoms with Gasteiger partial charge in [-0.1, -0.05) is 0 Å². The molecule has 7 nitrogen and oxygen atoms in total. The number of hydrogen-bond donors (Lipinski definition) is 1. The SMILES string of the molecule is COc1ccc(-c2nnc(N[C@@H]3CCCN(C)C3)n3nc(C)cc23)c(C(F)(F)F)c1. The first-order valence-electron chi connectivity index (χ1n) is 9.70. The predicted octanol–water partition coefficient (Wildman–Crippen LogP) is 3.63. The third kappa shape index (κ3) is 3.91. The van der Waals surface area contributed by atoms with Gasteiger partial charge in [-0.05, 0) is 57.6 Å². The fourth-order valence-corrected chi connectivity index (χ4v) is 3.86. The third-order valence-electron chi connectivity index (χ3n) is 5.26. The summed E-state index contributed by atoms with van der Waals surface area (Å²) in [5.74, 6) is 0.545. The number of alkyl halides is 3. The van der Waals surface area contributed by atoms with Crippen LogP contribution in [0.1, 0.15) is 24.1 Å². The minimum absolute atomic E-state index is 0.0651. The number of fused-ring (bicyclic) bond motifs is 1. The Kier molecular flexibility index (Phi) is 5.27. The van der Waals surface area contributed by atoms with Gasteiger partial charge in [0, 0.05) is 18.2 Å².